The van der Waals surface area contributed by atoms with Crippen LogP contribution in [0.3, 0.4) is 0 Å². The molecule has 0 aliphatic carbocycles. The van der Waals surface area contributed by atoms with Gasteiger partial charge in [-0.2, -0.15) is 0 Å². The molecule has 1 aromatic heterocycles. The molecule has 1 rings (SSSR count). The van der Waals surface area contributed by atoms with Crippen molar-refractivity contribution in [2.24, 2.45) is 0 Å². The molecule has 0 aliphatic heterocycles. The highest BCUT2D eigenvalue weighted by Crippen LogP contribution is 2.14. The number of aliphatic hydroxyl groups is 2. The Bertz CT molecular complexity index is 270. The minimum Gasteiger partial charge on any atom is -0.389 e. The van der Waals surface area contributed by atoms with Crippen LogP contribution in [-0.2, 0) is 0 Å². The number of aromatic nitrogens is 2. The van der Waals surface area contributed by atoms with Gasteiger partial charge in [-0.25, -0.2) is 9.97 Å². The average Bonchev–Trinajstić information content (AvgIpc) is 2.17. The van der Waals surface area contributed by atoms with Crippen molar-refractivity contribution in [2.45, 2.75) is 12.2 Å². The second-order valence-corrected chi connectivity index (χ2v) is 3.65. The second-order valence-electron chi connectivity index (χ2n) is 2.43. The number of hydrogen-bond acceptors (Lipinski definition) is 4. The van der Waals surface area contributed by atoms with Crippen molar-refractivity contribution in [3.05, 3.63) is 22.7 Å². The van der Waals surface area contributed by atoms with Crippen LogP contribution in [-0.4, -0.2) is 32.2 Å². The highest BCUT2D eigenvalue weighted by atomic mass is 79.9. The van der Waals surface area contributed by atoms with Gasteiger partial charge < -0.3 is 10.2 Å². The first-order valence-corrected chi connectivity index (χ1v) is 4.87. The van der Waals surface area contributed by atoms with Crippen LogP contribution < -0.4 is 0 Å². The molecule has 0 saturated carbocycles. The first-order chi connectivity index (χ1) is 6.15. The van der Waals surface area contributed by atoms with Crippen molar-refractivity contribution in [1.29, 1.82) is 0 Å². The van der Waals surface area contributed by atoms with Crippen LogP contribution in [0, 0.1) is 0 Å². The van der Waals surface area contributed by atoms with Gasteiger partial charge in [0.05, 0.1) is 10.4 Å². The first-order valence-electron chi connectivity index (χ1n) is 3.54. The summed E-state index contributed by atoms with van der Waals surface area (Å²) in [6, 6.07) is 0. The Kier molecular flexibility index (Phi) is 4.05. The number of nitrogens with zero attached hydrogens (tertiary/aromatic N) is 2. The maximum Gasteiger partial charge on any atom is 0.159 e. The van der Waals surface area contributed by atoms with Gasteiger partial charge in [0.25, 0.3) is 0 Å². The van der Waals surface area contributed by atoms with Crippen LogP contribution in [0.2, 0.25) is 0 Å². The van der Waals surface area contributed by atoms with Crippen molar-refractivity contribution in [3.63, 3.8) is 0 Å². The monoisotopic (exact) mass is 266 g/mol. The maximum absolute atomic E-state index is 9.41. The lowest BCUT2D eigenvalue weighted by Crippen LogP contribution is -2.21. The van der Waals surface area contributed by atoms with E-state index in [0.29, 0.717) is 4.47 Å². The molecular formula is C7H8BrClN2O2. The minimum absolute atomic E-state index is 0.0550. The Labute approximate surface area is 88.7 Å². The fraction of sp³-hybridized carbons (Fsp3) is 0.429. The summed E-state index contributed by atoms with van der Waals surface area (Å²) in [4.78, 5) is 7.64. The van der Waals surface area contributed by atoms with Gasteiger partial charge in [-0.1, -0.05) is 0 Å². The summed E-state index contributed by atoms with van der Waals surface area (Å²) in [5.41, 5.74) is 0. The van der Waals surface area contributed by atoms with Crippen molar-refractivity contribution in [3.8, 4) is 0 Å². The largest absolute Gasteiger partial charge is 0.389 e. The van der Waals surface area contributed by atoms with Gasteiger partial charge in [-0.3, -0.25) is 0 Å². The summed E-state index contributed by atoms with van der Waals surface area (Å²) in [6.45, 7) is 0. The van der Waals surface area contributed by atoms with E-state index in [-0.39, 0.29) is 11.7 Å². The zero-order valence-electron chi connectivity index (χ0n) is 6.56. The lowest BCUT2D eigenvalue weighted by molar-refractivity contribution is 0.0270. The zero-order chi connectivity index (χ0) is 9.84. The molecule has 13 heavy (non-hydrogen) atoms. The average molecular weight is 268 g/mol. The molecule has 72 valence electrons. The standard InChI is InChI=1S/C7H8BrClN2O2/c8-4-2-10-7(11-3-4)6(13)5(12)1-9/h2-3,5-6,12-13H,1H2. The van der Waals surface area contributed by atoms with Crippen molar-refractivity contribution >= 4 is 27.5 Å². The summed E-state index contributed by atoms with van der Waals surface area (Å²) in [5.74, 6) is 0.108. The van der Waals surface area contributed by atoms with Crippen LogP contribution in [0.25, 0.3) is 0 Å². The van der Waals surface area contributed by atoms with E-state index in [9.17, 15) is 10.2 Å². The van der Waals surface area contributed by atoms with Crippen molar-refractivity contribution in [1.82, 2.24) is 9.97 Å². The fourth-order valence-corrected chi connectivity index (χ4v) is 1.10. The predicted molar refractivity (Wildman–Crippen MR) is 51.4 cm³/mol. The number of halogens is 2. The molecule has 2 atom stereocenters. The van der Waals surface area contributed by atoms with E-state index in [4.69, 9.17) is 11.6 Å². The highest BCUT2D eigenvalue weighted by Gasteiger charge is 2.19. The fourth-order valence-electron chi connectivity index (χ4n) is 0.731. The minimum atomic E-state index is -1.13. The van der Waals surface area contributed by atoms with Crippen LogP contribution in [0.4, 0.5) is 0 Å². The molecule has 0 saturated heterocycles. The molecule has 2 N–H and O–H groups in total. The number of rotatable bonds is 3. The normalized spacial score (nSPS) is 15.4. The predicted octanol–water partition coefficient (Wildman–Crippen LogP) is 0.872. The molecule has 4 nitrogen and oxygen atoms in total. The molecule has 0 bridgehead atoms. The molecule has 1 aromatic rings. The summed E-state index contributed by atoms with van der Waals surface area (Å²) in [7, 11) is 0. The van der Waals surface area contributed by atoms with Crippen LogP contribution in [0.1, 0.15) is 11.9 Å². The molecule has 0 fully saturated rings. The lowest BCUT2D eigenvalue weighted by Gasteiger charge is -2.13. The SMILES string of the molecule is OC(CCl)C(O)c1ncc(Br)cn1. The third kappa shape index (κ3) is 2.87. The van der Waals surface area contributed by atoms with Gasteiger partial charge in [-0.15, -0.1) is 11.6 Å². The molecule has 6 heteroatoms. The van der Waals surface area contributed by atoms with Crippen molar-refractivity contribution in [2.75, 3.05) is 5.88 Å². The molecule has 0 radical (unpaired) electrons. The molecule has 0 aromatic carbocycles. The van der Waals surface area contributed by atoms with Crippen LogP contribution >= 0.6 is 27.5 Å². The molecular weight excluding hydrogens is 259 g/mol. The molecule has 0 spiro atoms. The number of alkyl halides is 1. The van der Waals surface area contributed by atoms with Crippen molar-refractivity contribution < 1.29 is 10.2 Å². The van der Waals surface area contributed by atoms with Gasteiger partial charge in [0.2, 0.25) is 0 Å². The molecule has 0 aliphatic rings. The van der Waals surface area contributed by atoms with E-state index in [1.807, 2.05) is 0 Å². The van der Waals surface area contributed by atoms with E-state index < -0.39 is 12.2 Å². The first kappa shape index (κ1) is 10.8. The van der Waals surface area contributed by atoms with E-state index >= 15 is 0 Å². The van der Waals surface area contributed by atoms with E-state index in [0.717, 1.165) is 0 Å². The van der Waals surface area contributed by atoms with Gasteiger partial charge in [0.15, 0.2) is 5.82 Å². The molecule has 0 amide bonds. The van der Waals surface area contributed by atoms with Crippen LogP contribution in [0.5, 0.6) is 0 Å². The molecule has 2 unspecified atom stereocenters. The van der Waals surface area contributed by atoms with Gasteiger partial charge in [-0.05, 0) is 15.9 Å². The van der Waals surface area contributed by atoms with Gasteiger partial charge in [0.1, 0.15) is 12.2 Å². The second kappa shape index (κ2) is 4.85. The maximum atomic E-state index is 9.41. The Morgan fingerprint density at radius 3 is 2.38 bits per heavy atom. The third-order valence-corrected chi connectivity index (χ3v) is 2.15. The number of aliphatic hydroxyl groups excluding tert-OH is 2. The van der Waals surface area contributed by atoms with E-state index in [1.165, 1.54) is 12.4 Å². The Morgan fingerprint density at radius 1 is 1.38 bits per heavy atom. The Hall–Kier alpha value is -0.230. The Balaban J connectivity index is 2.77. The smallest absolute Gasteiger partial charge is 0.159 e. The number of hydrogen-bond donors (Lipinski definition) is 2. The highest BCUT2D eigenvalue weighted by molar-refractivity contribution is 9.10. The summed E-state index contributed by atoms with van der Waals surface area (Å²) in [6.07, 6.45) is 0.812. The zero-order valence-corrected chi connectivity index (χ0v) is 8.90. The Morgan fingerprint density at radius 2 is 1.92 bits per heavy atom. The van der Waals surface area contributed by atoms with E-state index in [1.54, 1.807) is 0 Å². The summed E-state index contributed by atoms with van der Waals surface area (Å²) in [5, 5.41) is 18.6. The van der Waals surface area contributed by atoms with Gasteiger partial charge >= 0.3 is 0 Å². The van der Waals surface area contributed by atoms with Crippen LogP contribution in [0.15, 0.2) is 16.9 Å². The quantitative estimate of drug-likeness (QED) is 0.798. The topological polar surface area (TPSA) is 66.2 Å². The summed E-state index contributed by atoms with van der Waals surface area (Å²) >= 11 is 8.51. The lowest BCUT2D eigenvalue weighted by atomic mass is 10.2. The summed E-state index contributed by atoms with van der Waals surface area (Å²) < 4.78 is 0.712. The molecule has 1 heterocycles. The third-order valence-electron chi connectivity index (χ3n) is 1.43. The van der Waals surface area contributed by atoms with Gasteiger partial charge in [0, 0.05) is 12.4 Å². The van der Waals surface area contributed by atoms with E-state index in [2.05, 4.69) is 25.9 Å².